The van der Waals surface area contributed by atoms with Crippen LogP contribution in [0.2, 0.25) is 0 Å². The molecule has 2 aliphatic rings. The van der Waals surface area contributed by atoms with Gasteiger partial charge in [0.2, 0.25) is 0 Å². The quantitative estimate of drug-likeness (QED) is 0.766. The molecule has 2 rings (SSSR count). The van der Waals surface area contributed by atoms with E-state index in [1.807, 2.05) is 0 Å². The van der Waals surface area contributed by atoms with Gasteiger partial charge in [-0.2, -0.15) is 0 Å². The molecule has 2 nitrogen and oxygen atoms in total. The van der Waals surface area contributed by atoms with Gasteiger partial charge in [0.05, 0.1) is 6.10 Å². The van der Waals surface area contributed by atoms with Gasteiger partial charge in [-0.05, 0) is 64.3 Å². The van der Waals surface area contributed by atoms with Crippen LogP contribution < -0.4 is 5.32 Å². The van der Waals surface area contributed by atoms with E-state index in [1.165, 1.54) is 64.3 Å². The van der Waals surface area contributed by atoms with Crippen LogP contribution in [0.4, 0.5) is 0 Å². The summed E-state index contributed by atoms with van der Waals surface area (Å²) in [5, 5.41) is 3.73. The van der Waals surface area contributed by atoms with Gasteiger partial charge in [0.25, 0.3) is 0 Å². The highest BCUT2D eigenvalue weighted by Crippen LogP contribution is 2.28. The monoisotopic (exact) mass is 239 g/mol. The molecule has 0 aliphatic heterocycles. The van der Waals surface area contributed by atoms with Gasteiger partial charge < -0.3 is 10.1 Å². The Morgan fingerprint density at radius 2 is 1.71 bits per heavy atom. The van der Waals surface area contributed by atoms with E-state index < -0.39 is 0 Å². The van der Waals surface area contributed by atoms with Crippen LogP contribution in [0.3, 0.4) is 0 Å². The van der Waals surface area contributed by atoms with Crippen molar-refractivity contribution in [1.82, 2.24) is 5.32 Å². The number of hydrogen-bond donors (Lipinski definition) is 1. The predicted molar refractivity (Wildman–Crippen MR) is 72.2 cm³/mol. The standard InChI is InChI=1S/C15H29NO/c1-2-17-15-9-7-13(8-10-15)11-12-16-14-5-3-4-6-14/h13-16H,2-12H2,1H3. The van der Waals surface area contributed by atoms with E-state index in [9.17, 15) is 0 Å². The lowest BCUT2D eigenvalue weighted by atomic mass is 9.85. The van der Waals surface area contributed by atoms with Gasteiger partial charge in [0, 0.05) is 12.6 Å². The predicted octanol–water partition coefficient (Wildman–Crippen LogP) is 3.50. The Morgan fingerprint density at radius 1 is 1.00 bits per heavy atom. The minimum absolute atomic E-state index is 0.569. The van der Waals surface area contributed by atoms with Gasteiger partial charge in [-0.25, -0.2) is 0 Å². The fraction of sp³-hybridized carbons (Fsp3) is 1.00. The molecule has 0 atom stereocenters. The van der Waals surface area contributed by atoms with Gasteiger partial charge >= 0.3 is 0 Å². The van der Waals surface area contributed by atoms with Crippen LogP contribution in [-0.4, -0.2) is 25.3 Å². The van der Waals surface area contributed by atoms with Gasteiger partial charge in [0.15, 0.2) is 0 Å². The Kier molecular flexibility index (Phi) is 5.79. The first-order chi connectivity index (χ1) is 8.38. The van der Waals surface area contributed by atoms with Crippen LogP contribution in [0, 0.1) is 5.92 Å². The Bertz CT molecular complexity index is 193. The lowest BCUT2D eigenvalue weighted by Crippen LogP contribution is -2.29. The Labute approximate surface area is 107 Å². The zero-order valence-corrected chi connectivity index (χ0v) is 11.4. The topological polar surface area (TPSA) is 21.3 Å². The lowest BCUT2D eigenvalue weighted by Gasteiger charge is -2.28. The molecule has 2 fully saturated rings. The van der Waals surface area contributed by atoms with E-state index in [1.54, 1.807) is 0 Å². The maximum Gasteiger partial charge on any atom is 0.0575 e. The first-order valence-electron chi connectivity index (χ1n) is 7.73. The van der Waals surface area contributed by atoms with Crippen molar-refractivity contribution in [2.75, 3.05) is 13.2 Å². The molecule has 1 N–H and O–H groups in total. The third-order valence-electron chi connectivity index (χ3n) is 4.54. The van der Waals surface area contributed by atoms with Crippen molar-refractivity contribution in [3.63, 3.8) is 0 Å². The van der Waals surface area contributed by atoms with Crippen molar-refractivity contribution < 1.29 is 4.74 Å². The normalized spacial score (nSPS) is 30.9. The second-order valence-electron chi connectivity index (χ2n) is 5.82. The summed E-state index contributed by atoms with van der Waals surface area (Å²) in [4.78, 5) is 0. The summed E-state index contributed by atoms with van der Waals surface area (Å²) >= 11 is 0. The van der Waals surface area contributed by atoms with Crippen molar-refractivity contribution in [2.45, 2.75) is 76.9 Å². The van der Waals surface area contributed by atoms with E-state index >= 15 is 0 Å². The van der Waals surface area contributed by atoms with E-state index in [2.05, 4.69) is 12.2 Å². The Hall–Kier alpha value is -0.0800. The van der Waals surface area contributed by atoms with Crippen molar-refractivity contribution in [3.05, 3.63) is 0 Å². The molecule has 0 unspecified atom stereocenters. The van der Waals surface area contributed by atoms with Crippen LogP contribution in [0.5, 0.6) is 0 Å². The molecule has 0 spiro atoms. The van der Waals surface area contributed by atoms with Crippen LogP contribution >= 0.6 is 0 Å². The molecule has 2 heteroatoms. The van der Waals surface area contributed by atoms with Gasteiger partial charge in [-0.3, -0.25) is 0 Å². The number of hydrogen-bond acceptors (Lipinski definition) is 2. The maximum absolute atomic E-state index is 5.70. The molecule has 0 aromatic carbocycles. The molecule has 0 radical (unpaired) electrons. The van der Waals surface area contributed by atoms with Gasteiger partial charge in [-0.15, -0.1) is 0 Å². The second-order valence-corrected chi connectivity index (χ2v) is 5.82. The minimum Gasteiger partial charge on any atom is -0.379 e. The summed E-state index contributed by atoms with van der Waals surface area (Å²) in [7, 11) is 0. The molecular weight excluding hydrogens is 210 g/mol. The molecule has 17 heavy (non-hydrogen) atoms. The van der Waals surface area contributed by atoms with E-state index in [-0.39, 0.29) is 0 Å². The van der Waals surface area contributed by atoms with Crippen molar-refractivity contribution >= 4 is 0 Å². The fourth-order valence-electron chi connectivity index (χ4n) is 3.44. The summed E-state index contributed by atoms with van der Waals surface area (Å²) in [5.41, 5.74) is 0. The zero-order valence-electron chi connectivity index (χ0n) is 11.4. The average Bonchev–Trinajstić information content (AvgIpc) is 2.85. The van der Waals surface area contributed by atoms with Crippen molar-refractivity contribution in [1.29, 1.82) is 0 Å². The third-order valence-corrected chi connectivity index (χ3v) is 4.54. The minimum atomic E-state index is 0.569. The maximum atomic E-state index is 5.70. The molecule has 100 valence electrons. The number of nitrogens with one attached hydrogen (secondary N) is 1. The summed E-state index contributed by atoms with van der Waals surface area (Å²) in [6, 6.07) is 0.842. The summed E-state index contributed by atoms with van der Waals surface area (Å²) in [6.45, 7) is 4.24. The Morgan fingerprint density at radius 3 is 2.35 bits per heavy atom. The van der Waals surface area contributed by atoms with Crippen molar-refractivity contribution in [2.24, 2.45) is 5.92 Å². The van der Waals surface area contributed by atoms with Crippen LogP contribution in [0.25, 0.3) is 0 Å². The number of rotatable bonds is 6. The molecule has 0 saturated heterocycles. The molecule has 0 aromatic heterocycles. The van der Waals surface area contributed by atoms with E-state index in [0.717, 1.165) is 18.6 Å². The average molecular weight is 239 g/mol. The number of ether oxygens (including phenoxy) is 1. The summed E-state index contributed by atoms with van der Waals surface area (Å²) < 4.78 is 5.70. The zero-order chi connectivity index (χ0) is 11.9. The molecule has 0 heterocycles. The van der Waals surface area contributed by atoms with Crippen LogP contribution in [0.15, 0.2) is 0 Å². The molecule has 2 aliphatic carbocycles. The van der Waals surface area contributed by atoms with E-state index in [4.69, 9.17) is 4.74 Å². The first-order valence-corrected chi connectivity index (χ1v) is 7.73. The van der Waals surface area contributed by atoms with Gasteiger partial charge in [0.1, 0.15) is 0 Å². The van der Waals surface area contributed by atoms with Crippen LogP contribution in [0.1, 0.15) is 64.7 Å². The fourth-order valence-corrected chi connectivity index (χ4v) is 3.44. The summed E-state index contributed by atoms with van der Waals surface area (Å²) in [5.74, 6) is 0.959. The Balaban J connectivity index is 1.52. The first kappa shape index (κ1) is 13.4. The molecule has 0 amide bonds. The second kappa shape index (κ2) is 7.38. The van der Waals surface area contributed by atoms with Crippen molar-refractivity contribution in [3.8, 4) is 0 Å². The summed E-state index contributed by atoms with van der Waals surface area (Å²) in [6.07, 6.45) is 13.0. The third kappa shape index (κ3) is 4.59. The molecule has 0 bridgehead atoms. The SMILES string of the molecule is CCOC1CCC(CCNC2CCCC2)CC1. The highest BCUT2D eigenvalue weighted by molar-refractivity contribution is 4.76. The molecule has 0 aromatic rings. The van der Waals surface area contributed by atoms with Crippen LogP contribution in [-0.2, 0) is 4.74 Å². The smallest absolute Gasteiger partial charge is 0.0575 e. The highest BCUT2D eigenvalue weighted by atomic mass is 16.5. The highest BCUT2D eigenvalue weighted by Gasteiger charge is 2.21. The molecular formula is C15H29NO. The van der Waals surface area contributed by atoms with E-state index in [0.29, 0.717) is 6.10 Å². The van der Waals surface area contributed by atoms with Gasteiger partial charge in [-0.1, -0.05) is 12.8 Å². The molecule has 2 saturated carbocycles. The lowest BCUT2D eigenvalue weighted by molar-refractivity contribution is 0.0248. The largest absolute Gasteiger partial charge is 0.379 e.